The first-order valence-electron chi connectivity index (χ1n) is 8.33. The summed E-state index contributed by atoms with van der Waals surface area (Å²) in [7, 11) is 0. The van der Waals surface area contributed by atoms with Gasteiger partial charge >= 0.3 is 0 Å². The summed E-state index contributed by atoms with van der Waals surface area (Å²) in [4.78, 5) is 26.5. The van der Waals surface area contributed by atoms with Crippen LogP contribution in [0, 0.1) is 0 Å². The smallest absolute Gasteiger partial charge is 0.293 e. The second kappa shape index (κ2) is 7.51. The van der Waals surface area contributed by atoms with Crippen LogP contribution >= 0.6 is 35.0 Å². The molecule has 0 bridgehead atoms. The van der Waals surface area contributed by atoms with Gasteiger partial charge in [-0.15, -0.1) is 0 Å². The highest BCUT2D eigenvalue weighted by Crippen LogP contribution is 2.37. The number of benzene rings is 3. The van der Waals surface area contributed by atoms with Crippen LogP contribution < -0.4 is 0 Å². The highest BCUT2D eigenvalue weighted by atomic mass is 35.5. The summed E-state index contributed by atoms with van der Waals surface area (Å²) in [6, 6.07) is 16.6. The number of phenols is 1. The van der Waals surface area contributed by atoms with Gasteiger partial charge in [0.2, 0.25) is 0 Å². The van der Waals surface area contributed by atoms with E-state index >= 15 is 0 Å². The SMILES string of the molecule is O=C1S/C(=C\c2cc(Cl)cc(Cl)c2O)C(=O)N1Cc1ccc2ccccc2c1. The van der Waals surface area contributed by atoms with Crippen molar-refractivity contribution in [3.63, 3.8) is 0 Å². The predicted octanol–water partition coefficient (Wildman–Crippen LogP) is 6.09. The first kappa shape index (κ1) is 18.9. The van der Waals surface area contributed by atoms with E-state index in [2.05, 4.69) is 0 Å². The first-order valence-corrected chi connectivity index (χ1v) is 9.90. The highest BCUT2D eigenvalue weighted by molar-refractivity contribution is 8.18. The summed E-state index contributed by atoms with van der Waals surface area (Å²) < 4.78 is 0. The molecule has 0 saturated carbocycles. The second-order valence-electron chi connectivity index (χ2n) is 6.27. The largest absolute Gasteiger partial charge is 0.506 e. The molecule has 1 aliphatic rings. The Balaban J connectivity index is 1.62. The fraction of sp³-hybridized carbons (Fsp3) is 0.0476. The van der Waals surface area contributed by atoms with E-state index in [9.17, 15) is 14.7 Å². The minimum absolute atomic E-state index is 0.0779. The molecule has 0 aromatic heterocycles. The van der Waals surface area contributed by atoms with Gasteiger partial charge in [-0.3, -0.25) is 14.5 Å². The Hall–Kier alpha value is -2.47. The third kappa shape index (κ3) is 3.61. The Morgan fingerprint density at radius 3 is 2.54 bits per heavy atom. The van der Waals surface area contributed by atoms with Crippen LogP contribution in [0.4, 0.5) is 4.79 Å². The monoisotopic (exact) mass is 429 g/mol. The minimum Gasteiger partial charge on any atom is -0.506 e. The van der Waals surface area contributed by atoms with Crippen LogP contribution in [-0.2, 0) is 11.3 Å². The van der Waals surface area contributed by atoms with Crippen LogP contribution in [0.5, 0.6) is 5.75 Å². The molecule has 7 heteroatoms. The maximum absolute atomic E-state index is 12.7. The average molecular weight is 430 g/mol. The minimum atomic E-state index is -0.418. The van der Waals surface area contributed by atoms with Crippen LogP contribution in [0.25, 0.3) is 16.8 Å². The lowest BCUT2D eigenvalue weighted by Crippen LogP contribution is -2.27. The highest BCUT2D eigenvalue weighted by Gasteiger charge is 2.35. The molecule has 0 atom stereocenters. The molecule has 4 nitrogen and oxygen atoms in total. The molecule has 1 N–H and O–H groups in total. The Morgan fingerprint density at radius 2 is 1.75 bits per heavy atom. The molecule has 2 amide bonds. The molecule has 1 aliphatic heterocycles. The van der Waals surface area contributed by atoms with Crippen molar-refractivity contribution in [2.24, 2.45) is 0 Å². The second-order valence-corrected chi connectivity index (χ2v) is 8.11. The Bertz CT molecular complexity index is 1160. The van der Waals surface area contributed by atoms with E-state index in [1.165, 1.54) is 23.1 Å². The van der Waals surface area contributed by atoms with Crippen LogP contribution in [-0.4, -0.2) is 21.2 Å². The number of rotatable bonds is 3. The summed E-state index contributed by atoms with van der Waals surface area (Å²) in [6.07, 6.45) is 1.43. The number of amides is 2. The zero-order chi connectivity index (χ0) is 19.8. The normalized spacial score (nSPS) is 15.8. The van der Waals surface area contributed by atoms with E-state index in [1.807, 2.05) is 42.5 Å². The third-order valence-corrected chi connectivity index (χ3v) is 5.79. The maximum Gasteiger partial charge on any atom is 0.293 e. The molecule has 0 unspecified atom stereocenters. The van der Waals surface area contributed by atoms with Gasteiger partial charge in [-0.05, 0) is 52.4 Å². The molecule has 140 valence electrons. The van der Waals surface area contributed by atoms with Gasteiger partial charge in [0.1, 0.15) is 5.75 Å². The lowest BCUT2D eigenvalue weighted by Gasteiger charge is -2.13. The number of halogens is 2. The Morgan fingerprint density at radius 1 is 1.00 bits per heavy atom. The van der Waals surface area contributed by atoms with Crippen LogP contribution in [0.15, 0.2) is 59.5 Å². The number of aromatic hydroxyl groups is 1. The van der Waals surface area contributed by atoms with Crippen molar-refractivity contribution in [1.82, 2.24) is 4.90 Å². The number of hydrogen-bond donors (Lipinski definition) is 1. The molecule has 1 fully saturated rings. The summed E-state index contributed by atoms with van der Waals surface area (Å²) in [5.41, 5.74) is 1.14. The van der Waals surface area contributed by atoms with Crippen molar-refractivity contribution in [1.29, 1.82) is 0 Å². The zero-order valence-corrected chi connectivity index (χ0v) is 16.7. The van der Waals surface area contributed by atoms with E-state index in [4.69, 9.17) is 23.2 Å². The first-order chi connectivity index (χ1) is 13.4. The number of nitrogens with zero attached hydrogens (tertiary/aromatic N) is 1. The molecule has 3 aromatic carbocycles. The molecule has 4 rings (SSSR count). The molecule has 0 spiro atoms. The van der Waals surface area contributed by atoms with Crippen LogP contribution in [0.1, 0.15) is 11.1 Å². The van der Waals surface area contributed by atoms with Gasteiger partial charge in [-0.25, -0.2) is 0 Å². The number of thioether (sulfide) groups is 1. The van der Waals surface area contributed by atoms with Gasteiger partial charge in [0.25, 0.3) is 11.1 Å². The average Bonchev–Trinajstić information content (AvgIpc) is 2.93. The van der Waals surface area contributed by atoms with Gasteiger partial charge in [0.05, 0.1) is 16.5 Å². The van der Waals surface area contributed by atoms with Crippen LogP contribution in [0.2, 0.25) is 10.0 Å². The molecular formula is C21H13Cl2NO3S. The van der Waals surface area contributed by atoms with Gasteiger partial charge < -0.3 is 5.11 Å². The van der Waals surface area contributed by atoms with Crippen molar-refractivity contribution in [2.45, 2.75) is 6.54 Å². The van der Waals surface area contributed by atoms with Crippen molar-refractivity contribution >= 4 is 63.0 Å². The molecule has 28 heavy (non-hydrogen) atoms. The fourth-order valence-corrected chi connectivity index (χ4v) is 4.33. The topological polar surface area (TPSA) is 57.6 Å². The Kier molecular flexibility index (Phi) is 5.06. The van der Waals surface area contributed by atoms with E-state index in [-0.39, 0.29) is 33.0 Å². The zero-order valence-electron chi connectivity index (χ0n) is 14.4. The molecule has 0 aliphatic carbocycles. The molecule has 1 heterocycles. The number of imide groups is 1. The number of fused-ring (bicyclic) bond motifs is 1. The number of hydrogen-bond acceptors (Lipinski definition) is 4. The maximum atomic E-state index is 12.7. The number of phenolic OH excluding ortho intramolecular Hbond substituents is 1. The summed E-state index contributed by atoms with van der Waals surface area (Å²) >= 11 is 12.7. The van der Waals surface area contributed by atoms with Gasteiger partial charge in [-0.2, -0.15) is 0 Å². The third-order valence-electron chi connectivity index (χ3n) is 4.37. The lowest BCUT2D eigenvalue weighted by molar-refractivity contribution is -0.123. The van der Waals surface area contributed by atoms with Crippen molar-refractivity contribution in [3.05, 3.63) is 80.7 Å². The van der Waals surface area contributed by atoms with E-state index in [0.29, 0.717) is 5.02 Å². The molecular weight excluding hydrogens is 417 g/mol. The predicted molar refractivity (Wildman–Crippen MR) is 114 cm³/mol. The summed E-state index contributed by atoms with van der Waals surface area (Å²) in [5, 5.41) is 12.3. The molecule has 3 aromatic rings. The summed E-state index contributed by atoms with van der Waals surface area (Å²) in [6.45, 7) is 0.176. The van der Waals surface area contributed by atoms with Gasteiger partial charge in [0.15, 0.2) is 0 Å². The van der Waals surface area contributed by atoms with Gasteiger partial charge in [0, 0.05) is 10.6 Å². The van der Waals surface area contributed by atoms with Crippen molar-refractivity contribution < 1.29 is 14.7 Å². The number of carbonyl (C=O) groups is 2. The van der Waals surface area contributed by atoms with E-state index in [0.717, 1.165) is 28.1 Å². The Labute approximate surface area is 175 Å². The quantitative estimate of drug-likeness (QED) is 0.511. The van der Waals surface area contributed by atoms with Crippen molar-refractivity contribution in [2.75, 3.05) is 0 Å². The lowest BCUT2D eigenvalue weighted by atomic mass is 10.1. The number of carbonyl (C=O) groups excluding carboxylic acids is 2. The fourth-order valence-electron chi connectivity index (χ4n) is 2.99. The van der Waals surface area contributed by atoms with E-state index in [1.54, 1.807) is 0 Å². The molecule has 0 radical (unpaired) electrons. The van der Waals surface area contributed by atoms with Crippen LogP contribution in [0.3, 0.4) is 0 Å². The van der Waals surface area contributed by atoms with E-state index < -0.39 is 5.91 Å². The molecule has 1 saturated heterocycles. The van der Waals surface area contributed by atoms with Crippen molar-refractivity contribution in [3.8, 4) is 5.75 Å². The standard InChI is InChI=1S/C21H13Cl2NO3S/c22-16-8-15(19(25)17(23)10-16)9-18-20(26)24(21(27)28-18)11-12-5-6-13-3-1-2-4-14(13)7-12/h1-10,25H,11H2/b18-9-. The van der Waals surface area contributed by atoms with Gasteiger partial charge in [-0.1, -0.05) is 59.6 Å². The summed E-state index contributed by atoms with van der Waals surface area (Å²) in [5.74, 6) is -0.606.